The normalized spacial score (nSPS) is 16.3. The fraction of sp³-hybridized carbons (Fsp3) is 0.522. The van der Waals surface area contributed by atoms with E-state index in [-0.39, 0.29) is 23.9 Å². The van der Waals surface area contributed by atoms with Crippen LogP contribution in [0.5, 0.6) is 0 Å². The predicted molar refractivity (Wildman–Crippen MR) is 123 cm³/mol. The number of aromatic nitrogens is 1. The molecule has 0 bridgehead atoms. The molecular formula is C23H30F2N4O3S. The number of hydrogen-bond donors (Lipinski definition) is 2. The minimum Gasteiger partial charge on any atom is -0.379 e. The van der Waals surface area contributed by atoms with Crippen molar-refractivity contribution in [2.24, 2.45) is 0 Å². The van der Waals surface area contributed by atoms with Gasteiger partial charge in [-0.15, -0.1) is 0 Å². The molecule has 2 aromatic rings. The van der Waals surface area contributed by atoms with Crippen LogP contribution in [0.25, 0.3) is 0 Å². The van der Waals surface area contributed by atoms with Crippen molar-refractivity contribution in [1.82, 2.24) is 15.2 Å². The van der Waals surface area contributed by atoms with E-state index in [0.29, 0.717) is 31.2 Å². The summed E-state index contributed by atoms with van der Waals surface area (Å²) in [7, 11) is 0. The molecule has 2 amide bonds. The van der Waals surface area contributed by atoms with Crippen LogP contribution in [-0.2, 0) is 20.7 Å². The highest BCUT2D eigenvalue weighted by Crippen LogP contribution is 2.32. The Bertz CT molecular complexity index is 958. The number of aryl methyl sites for hydroxylation is 1. The highest BCUT2D eigenvalue weighted by Gasteiger charge is 2.25. The van der Waals surface area contributed by atoms with Crippen LogP contribution in [0.3, 0.4) is 0 Å². The van der Waals surface area contributed by atoms with Gasteiger partial charge < -0.3 is 15.4 Å². The molecule has 1 aromatic carbocycles. The summed E-state index contributed by atoms with van der Waals surface area (Å²) in [6.07, 6.45) is 0.874. The van der Waals surface area contributed by atoms with Crippen LogP contribution < -0.4 is 10.6 Å². The summed E-state index contributed by atoms with van der Waals surface area (Å²) in [4.78, 5) is 33.2. The molecule has 0 saturated carbocycles. The quantitative estimate of drug-likeness (QED) is 0.573. The van der Waals surface area contributed by atoms with E-state index in [2.05, 4.69) is 27.4 Å². The number of halogens is 2. The van der Waals surface area contributed by atoms with Crippen molar-refractivity contribution in [3.05, 3.63) is 46.0 Å². The van der Waals surface area contributed by atoms with Gasteiger partial charge in [0.15, 0.2) is 5.13 Å². The summed E-state index contributed by atoms with van der Waals surface area (Å²) in [5.41, 5.74) is 1.07. The zero-order chi connectivity index (χ0) is 24.0. The molecule has 1 aromatic heterocycles. The van der Waals surface area contributed by atoms with Crippen molar-refractivity contribution >= 4 is 28.3 Å². The Balaban J connectivity index is 1.63. The van der Waals surface area contributed by atoms with Crippen molar-refractivity contribution in [2.75, 3.05) is 31.6 Å². The molecule has 0 spiro atoms. The lowest BCUT2D eigenvalue weighted by atomic mass is 10.1. The zero-order valence-electron chi connectivity index (χ0n) is 19.1. The first-order valence-electron chi connectivity index (χ1n) is 11.1. The first kappa shape index (κ1) is 25.2. The largest absolute Gasteiger partial charge is 0.379 e. The van der Waals surface area contributed by atoms with Crippen molar-refractivity contribution in [3.8, 4) is 0 Å². The standard InChI is InChI=1S/C23H30F2N4O3S/c1-4-5-19(27-20(30)12-16-10-17(24)13-18(25)11-16)22(31)28-23-26-14(2)21(33-23)15(3)29-6-8-32-9-7-29/h10-11,13,15,19H,4-9,12H2,1-3H3,(H,27,30)(H,26,28,31)/t15?,19-/m0/s1. The molecule has 180 valence electrons. The molecule has 2 N–H and O–H groups in total. The van der Waals surface area contributed by atoms with Gasteiger partial charge in [-0.05, 0) is 38.0 Å². The number of carbonyl (C=O) groups is 2. The number of benzene rings is 1. The second kappa shape index (κ2) is 11.6. The Morgan fingerprint density at radius 2 is 1.88 bits per heavy atom. The molecule has 1 unspecified atom stereocenters. The van der Waals surface area contributed by atoms with Crippen molar-refractivity contribution in [2.45, 2.75) is 52.1 Å². The Labute approximate surface area is 196 Å². The van der Waals surface area contributed by atoms with E-state index in [4.69, 9.17) is 4.74 Å². The van der Waals surface area contributed by atoms with E-state index in [0.717, 1.165) is 41.9 Å². The number of hydrogen-bond acceptors (Lipinski definition) is 6. The molecular weight excluding hydrogens is 450 g/mol. The SMILES string of the molecule is CCC[C@H](NC(=O)Cc1cc(F)cc(F)c1)C(=O)Nc1nc(C)c(C(C)N2CCOCC2)s1. The molecule has 0 aliphatic carbocycles. The molecule has 7 nitrogen and oxygen atoms in total. The third-order valence-corrected chi connectivity index (χ3v) is 6.79. The second-order valence-electron chi connectivity index (χ2n) is 8.15. The zero-order valence-corrected chi connectivity index (χ0v) is 19.9. The Morgan fingerprint density at radius 1 is 1.21 bits per heavy atom. The van der Waals surface area contributed by atoms with Crippen molar-refractivity contribution in [3.63, 3.8) is 0 Å². The predicted octanol–water partition coefficient (Wildman–Crippen LogP) is 3.59. The van der Waals surface area contributed by atoms with Crippen LogP contribution in [0.2, 0.25) is 0 Å². The molecule has 1 saturated heterocycles. The van der Waals surface area contributed by atoms with Gasteiger partial charge >= 0.3 is 0 Å². The number of ether oxygens (including phenoxy) is 1. The maximum Gasteiger partial charge on any atom is 0.248 e. The molecule has 2 heterocycles. The number of anilines is 1. The minimum absolute atomic E-state index is 0.162. The van der Waals surface area contributed by atoms with Gasteiger partial charge in [0.1, 0.15) is 17.7 Å². The summed E-state index contributed by atoms with van der Waals surface area (Å²) < 4.78 is 32.2. The lowest BCUT2D eigenvalue weighted by Gasteiger charge is -2.31. The van der Waals surface area contributed by atoms with Crippen LogP contribution in [0.4, 0.5) is 13.9 Å². The van der Waals surface area contributed by atoms with Crippen molar-refractivity contribution < 1.29 is 23.1 Å². The number of nitrogens with one attached hydrogen (secondary N) is 2. The van der Waals surface area contributed by atoms with Gasteiger partial charge in [-0.3, -0.25) is 14.5 Å². The fourth-order valence-electron chi connectivity index (χ4n) is 3.87. The first-order valence-corrected chi connectivity index (χ1v) is 11.9. The van der Waals surface area contributed by atoms with Crippen LogP contribution in [0.1, 0.15) is 48.9 Å². The van der Waals surface area contributed by atoms with E-state index in [9.17, 15) is 18.4 Å². The monoisotopic (exact) mass is 480 g/mol. The summed E-state index contributed by atoms with van der Waals surface area (Å²) in [6, 6.07) is 2.35. The Hall–Kier alpha value is -2.43. The topological polar surface area (TPSA) is 83.6 Å². The summed E-state index contributed by atoms with van der Waals surface area (Å²) in [6.45, 7) is 9.04. The number of morpholine rings is 1. The lowest BCUT2D eigenvalue weighted by Crippen LogP contribution is -2.44. The Morgan fingerprint density at radius 3 is 2.52 bits per heavy atom. The summed E-state index contributed by atoms with van der Waals surface area (Å²) >= 11 is 1.43. The van der Waals surface area contributed by atoms with Gasteiger partial charge in [0.25, 0.3) is 0 Å². The summed E-state index contributed by atoms with van der Waals surface area (Å²) in [5, 5.41) is 5.99. The van der Waals surface area contributed by atoms with E-state index >= 15 is 0 Å². The average molecular weight is 481 g/mol. The third kappa shape index (κ3) is 7.02. The molecule has 3 rings (SSSR count). The average Bonchev–Trinajstić information content (AvgIpc) is 3.12. The molecule has 1 fully saturated rings. The van der Waals surface area contributed by atoms with Crippen LogP contribution in [-0.4, -0.2) is 54.0 Å². The molecule has 1 aliphatic heterocycles. The van der Waals surface area contributed by atoms with Gasteiger partial charge in [-0.25, -0.2) is 13.8 Å². The molecule has 0 radical (unpaired) electrons. The molecule has 1 aliphatic rings. The molecule has 10 heteroatoms. The number of rotatable bonds is 9. The second-order valence-corrected chi connectivity index (χ2v) is 9.18. The maximum atomic E-state index is 13.4. The smallest absolute Gasteiger partial charge is 0.248 e. The van der Waals surface area contributed by atoms with Gasteiger partial charge in [0, 0.05) is 30.1 Å². The van der Waals surface area contributed by atoms with Gasteiger partial charge in [-0.1, -0.05) is 24.7 Å². The highest BCUT2D eigenvalue weighted by atomic mass is 32.1. The number of amides is 2. The van der Waals surface area contributed by atoms with Gasteiger partial charge in [0.05, 0.1) is 25.3 Å². The van der Waals surface area contributed by atoms with Crippen LogP contribution in [0.15, 0.2) is 18.2 Å². The van der Waals surface area contributed by atoms with E-state index in [1.165, 1.54) is 11.3 Å². The Kier molecular flexibility index (Phi) is 8.87. The number of carbonyl (C=O) groups excluding carboxylic acids is 2. The lowest BCUT2D eigenvalue weighted by molar-refractivity contribution is -0.126. The summed E-state index contributed by atoms with van der Waals surface area (Å²) in [5.74, 6) is -2.34. The van der Waals surface area contributed by atoms with Gasteiger partial charge in [0.2, 0.25) is 11.8 Å². The van der Waals surface area contributed by atoms with E-state index in [1.54, 1.807) is 0 Å². The number of nitrogens with zero attached hydrogens (tertiary/aromatic N) is 2. The van der Waals surface area contributed by atoms with Crippen molar-refractivity contribution in [1.29, 1.82) is 0 Å². The van der Waals surface area contributed by atoms with E-state index in [1.807, 2.05) is 13.8 Å². The molecule has 2 atom stereocenters. The first-order chi connectivity index (χ1) is 15.8. The van der Waals surface area contributed by atoms with Crippen LogP contribution >= 0.6 is 11.3 Å². The van der Waals surface area contributed by atoms with E-state index < -0.39 is 23.6 Å². The third-order valence-electron chi connectivity index (χ3n) is 5.55. The van der Waals surface area contributed by atoms with Gasteiger partial charge in [-0.2, -0.15) is 0 Å². The maximum absolute atomic E-state index is 13.4. The highest BCUT2D eigenvalue weighted by molar-refractivity contribution is 7.16. The van der Waals surface area contributed by atoms with Crippen LogP contribution in [0, 0.1) is 18.6 Å². The minimum atomic E-state index is -0.773. The number of thiazole rings is 1. The fourth-order valence-corrected chi connectivity index (χ4v) is 4.93. The molecule has 33 heavy (non-hydrogen) atoms.